The lowest BCUT2D eigenvalue weighted by Gasteiger charge is -2.19. The van der Waals surface area contributed by atoms with E-state index in [9.17, 15) is 17.2 Å². The van der Waals surface area contributed by atoms with Crippen molar-refractivity contribution < 1.29 is 17.2 Å². The van der Waals surface area contributed by atoms with Gasteiger partial charge in [0.15, 0.2) is 0 Å². The molecule has 0 aliphatic rings. The molecule has 0 spiro atoms. The van der Waals surface area contributed by atoms with Crippen LogP contribution in [-0.4, -0.2) is 14.5 Å². The number of hydrogen-bond donors (Lipinski definition) is 1. The Balaban J connectivity index is 3.12. The maximum absolute atomic E-state index is 13.6. The van der Waals surface area contributed by atoms with Gasteiger partial charge in [0.1, 0.15) is 0 Å². The van der Waals surface area contributed by atoms with Crippen molar-refractivity contribution in [1.29, 1.82) is 0 Å². The van der Waals surface area contributed by atoms with Gasteiger partial charge in [-0.3, -0.25) is 0 Å². The molecule has 6 heteroatoms. The van der Waals surface area contributed by atoms with E-state index in [1.165, 1.54) is 26.0 Å². The van der Waals surface area contributed by atoms with E-state index in [1.54, 1.807) is 6.07 Å². The normalized spacial score (nSPS) is 13.1. The number of benzene rings is 1. The summed E-state index contributed by atoms with van der Waals surface area (Å²) in [6, 6.07) is 5.88. The second-order valence-electron chi connectivity index (χ2n) is 3.66. The third-order valence-corrected chi connectivity index (χ3v) is 3.53. The fraction of sp³-hybridized carbons (Fsp3) is 0.400. The first-order chi connectivity index (χ1) is 7.27. The van der Waals surface area contributed by atoms with Crippen LogP contribution in [-0.2, 0) is 15.3 Å². The molecule has 1 rings (SSSR count). The molecule has 0 unspecified atom stereocenters. The standard InChI is InChI=1S/C10H13F2NO2S/c1-8(2)13-16(14,15)10(11,12)9-6-4-3-5-7-9/h3-8,13H,1-2H3. The molecule has 16 heavy (non-hydrogen) atoms. The molecule has 0 saturated heterocycles. The Morgan fingerprint density at radius 3 is 2.12 bits per heavy atom. The van der Waals surface area contributed by atoms with Crippen molar-refractivity contribution in [2.45, 2.75) is 25.1 Å². The average molecular weight is 249 g/mol. The highest BCUT2D eigenvalue weighted by atomic mass is 32.2. The Hall–Kier alpha value is -1.01. The molecule has 0 amide bonds. The van der Waals surface area contributed by atoms with Crippen molar-refractivity contribution in [3.63, 3.8) is 0 Å². The minimum atomic E-state index is -4.70. The number of alkyl halides is 2. The van der Waals surface area contributed by atoms with Crippen LogP contribution in [0.5, 0.6) is 0 Å². The van der Waals surface area contributed by atoms with E-state index in [1.807, 2.05) is 4.72 Å². The average Bonchev–Trinajstić information content (AvgIpc) is 2.17. The minimum Gasteiger partial charge on any atom is -0.207 e. The fourth-order valence-corrected chi connectivity index (χ4v) is 2.39. The first-order valence-electron chi connectivity index (χ1n) is 4.72. The second-order valence-corrected chi connectivity index (χ2v) is 5.41. The summed E-state index contributed by atoms with van der Waals surface area (Å²) in [5.41, 5.74) is -0.539. The Morgan fingerprint density at radius 2 is 1.69 bits per heavy atom. The van der Waals surface area contributed by atoms with Gasteiger partial charge in [0.05, 0.1) is 0 Å². The van der Waals surface area contributed by atoms with Gasteiger partial charge in [-0.25, -0.2) is 13.1 Å². The smallest absolute Gasteiger partial charge is 0.207 e. The van der Waals surface area contributed by atoms with Gasteiger partial charge in [-0.2, -0.15) is 8.78 Å². The summed E-state index contributed by atoms with van der Waals surface area (Å²) in [6.07, 6.45) is 0. The Labute approximate surface area is 93.5 Å². The molecule has 90 valence electrons. The molecule has 1 aromatic carbocycles. The van der Waals surface area contributed by atoms with Gasteiger partial charge in [0.25, 0.3) is 10.0 Å². The van der Waals surface area contributed by atoms with Crippen LogP contribution < -0.4 is 4.72 Å². The Bertz CT molecular complexity index is 443. The number of hydrogen-bond acceptors (Lipinski definition) is 2. The van der Waals surface area contributed by atoms with Crippen LogP contribution in [0.25, 0.3) is 0 Å². The zero-order valence-corrected chi connectivity index (χ0v) is 9.76. The zero-order chi connectivity index (χ0) is 12.4. The largest absolute Gasteiger partial charge is 0.384 e. The molecular formula is C10H13F2NO2S. The van der Waals surface area contributed by atoms with Crippen molar-refractivity contribution in [1.82, 2.24) is 4.72 Å². The summed E-state index contributed by atoms with van der Waals surface area (Å²) < 4.78 is 52.0. The van der Waals surface area contributed by atoms with Crippen LogP contribution in [0, 0.1) is 0 Å². The van der Waals surface area contributed by atoms with Crippen molar-refractivity contribution in [2.24, 2.45) is 0 Å². The molecular weight excluding hydrogens is 236 g/mol. The van der Waals surface area contributed by atoms with Crippen LogP contribution in [0.2, 0.25) is 0 Å². The molecule has 1 N–H and O–H groups in total. The molecule has 1 aromatic rings. The Morgan fingerprint density at radius 1 is 1.19 bits per heavy atom. The predicted octanol–water partition coefficient (Wildman–Crippen LogP) is 2.06. The van der Waals surface area contributed by atoms with Gasteiger partial charge in [-0.15, -0.1) is 0 Å². The van der Waals surface area contributed by atoms with E-state index in [-0.39, 0.29) is 0 Å². The summed E-state index contributed by atoms with van der Waals surface area (Å²) in [7, 11) is -4.70. The van der Waals surface area contributed by atoms with Gasteiger partial charge in [0, 0.05) is 11.6 Å². The molecule has 0 radical (unpaired) electrons. The number of halogens is 2. The highest BCUT2D eigenvalue weighted by Gasteiger charge is 2.46. The van der Waals surface area contributed by atoms with E-state index in [0.717, 1.165) is 12.1 Å². The van der Waals surface area contributed by atoms with E-state index in [0.29, 0.717) is 0 Å². The molecule has 0 heterocycles. The topological polar surface area (TPSA) is 46.2 Å². The molecule has 0 aliphatic carbocycles. The third kappa shape index (κ3) is 2.56. The van der Waals surface area contributed by atoms with Gasteiger partial charge in [-0.1, -0.05) is 30.3 Å². The predicted molar refractivity (Wildman–Crippen MR) is 57.5 cm³/mol. The van der Waals surface area contributed by atoms with Crippen LogP contribution >= 0.6 is 0 Å². The summed E-state index contributed by atoms with van der Waals surface area (Å²) in [5.74, 6) is 0. The molecule has 0 fully saturated rings. The highest BCUT2D eigenvalue weighted by molar-refractivity contribution is 7.90. The molecule has 0 aliphatic heterocycles. The van der Waals surface area contributed by atoms with E-state index in [4.69, 9.17) is 0 Å². The lowest BCUT2D eigenvalue weighted by Crippen LogP contribution is -2.41. The van der Waals surface area contributed by atoms with Crippen LogP contribution in [0.3, 0.4) is 0 Å². The highest BCUT2D eigenvalue weighted by Crippen LogP contribution is 2.33. The molecule has 3 nitrogen and oxygen atoms in total. The summed E-state index contributed by atoms with van der Waals surface area (Å²) in [4.78, 5) is 0. The van der Waals surface area contributed by atoms with E-state index >= 15 is 0 Å². The van der Waals surface area contributed by atoms with Crippen molar-refractivity contribution >= 4 is 10.0 Å². The fourth-order valence-electron chi connectivity index (χ4n) is 1.17. The van der Waals surface area contributed by atoms with Crippen molar-refractivity contribution in [3.8, 4) is 0 Å². The lowest BCUT2D eigenvalue weighted by molar-refractivity contribution is 0.0884. The SMILES string of the molecule is CC(C)NS(=O)(=O)C(F)(F)c1ccccc1. The summed E-state index contributed by atoms with van der Waals surface area (Å²) >= 11 is 0. The molecule has 0 atom stereocenters. The third-order valence-electron chi connectivity index (χ3n) is 1.84. The van der Waals surface area contributed by atoms with Crippen LogP contribution in [0.15, 0.2) is 30.3 Å². The number of rotatable bonds is 4. The van der Waals surface area contributed by atoms with E-state index in [2.05, 4.69) is 0 Å². The zero-order valence-electron chi connectivity index (χ0n) is 8.94. The number of nitrogens with one attached hydrogen (secondary N) is 1. The Kier molecular flexibility index (Phi) is 3.64. The van der Waals surface area contributed by atoms with Crippen LogP contribution in [0.1, 0.15) is 19.4 Å². The number of sulfonamides is 1. The molecule has 0 aromatic heterocycles. The van der Waals surface area contributed by atoms with Gasteiger partial charge >= 0.3 is 5.25 Å². The first kappa shape index (κ1) is 13.1. The van der Waals surface area contributed by atoms with E-state index < -0.39 is 26.9 Å². The minimum absolute atomic E-state index is 0.539. The summed E-state index contributed by atoms with van der Waals surface area (Å²) in [5, 5.41) is -3.92. The van der Waals surface area contributed by atoms with Crippen LogP contribution in [0.4, 0.5) is 8.78 Å². The maximum atomic E-state index is 13.6. The van der Waals surface area contributed by atoms with Crippen molar-refractivity contribution in [3.05, 3.63) is 35.9 Å². The molecule has 0 bridgehead atoms. The molecule has 0 saturated carbocycles. The quantitative estimate of drug-likeness (QED) is 0.887. The van der Waals surface area contributed by atoms with Gasteiger partial charge in [-0.05, 0) is 13.8 Å². The van der Waals surface area contributed by atoms with Gasteiger partial charge in [0.2, 0.25) is 0 Å². The summed E-state index contributed by atoms with van der Waals surface area (Å²) in [6.45, 7) is 2.97. The second kappa shape index (κ2) is 4.47. The maximum Gasteiger partial charge on any atom is 0.384 e. The van der Waals surface area contributed by atoms with Crippen molar-refractivity contribution in [2.75, 3.05) is 0 Å². The lowest BCUT2D eigenvalue weighted by atomic mass is 10.2. The first-order valence-corrected chi connectivity index (χ1v) is 6.21. The van der Waals surface area contributed by atoms with Gasteiger partial charge < -0.3 is 0 Å². The monoisotopic (exact) mass is 249 g/mol.